The number of hydrogen-bond donors (Lipinski definition) is 1. The van der Waals surface area contributed by atoms with Gasteiger partial charge in [-0.25, -0.2) is 17.5 Å². The molecule has 0 saturated carbocycles. The highest BCUT2D eigenvalue weighted by Gasteiger charge is 2.22. The third kappa shape index (κ3) is 2.20. The van der Waals surface area contributed by atoms with E-state index in [-0.39, 0.29) is 10.5 Å². The van der Waals surface area contributed by atoms with Gasteiger partial charge in [0.15, 0.2) is 0 Å². The molecule has 6 heteroatoms. The summed E-state index contributed by atoms with van der Waals surface area (Å²) in [6.45, 7) is 0. The van der Waals surface area contributed by atoms with Gasteiger partial charge in [0.05, 0.1) is 10.5 Å². The van der Waals surface area contributed by atoms with Crippen molar-refractivity contribution in [1.82, 2.24) is 4.31 Å². The molecule has 0 aliphatic carbocycles. The summed E-state index contributed by atoms with van der Waals surface area (Å²) in [4.78, 5) is 11.3. The maximum atomic E-state index is 12.2. The molecule has 0 unspecified atom stereocenters. The fourth-order valence-corrected chi connectivity index (χ4v) is 2.97. The zero-order chi connectivity index (χ0) is 14.2. The topological polar surface area (TPSA) is 74.7 Å². The first-order chi connectivity index (χ1) is 8.85. The lowest BCUT2D eigenvalue weighted by Gasteiger charge is -2.14. The Balaban J connectivity index is 2.88. The molecule has 1 N–H and O–H groups in total. The Morgan fingerprint density at radius 2 is 1.63 bits per heavy atom. The first-order valence-corrected chi connectivity index (χ1v) is 6.97. The van der Waals surface area contributed by atoms with Gasteiger partial charge in [0.25, 0.3) is 0 Å². The van der Waals surface area contributed by atoms with E-state index in [9.17, 15) is 13.2 Å². The van der Waals surface area contributed by atoms with Crippen LogP contribution in [0.2, 0.25) is 0 Å². The lowest BCUT2D eigenvalue weighted by Crippen LogP contribution is -2.22. The van der Waals surface area contributed by atoms with Crippen molar-refractivity contribution in [2.45, 2.75) is 4.90 Å². The first kappa shape index (κ1) is 13.5. The molecule has 2 rings (SSSR count). The molecule has 0 atom stereocenters. The number of nitrogens with zero attached hydrogens (tertiary/aromatic N) is 1. The molecule has 0 saturated heterocycles. The molecule has 0 aliphatic heterocycles. The minimum atomic E-state index is -3.61. The summed E-state index contributed by atoms with van der Waals surface area (Å²) >= 11 is 0. The third-order valence-electron chi connectivity index (χ3n) is 2.87. The number of aromatic carboxylic acids is 1. The Bertz CT molecular complexity index is 750. The molecule has 2 aromatic rings. The van der Waals surface area contributed by atoms with E-state index >= 15 is 0 Å². The average molecular weight is 279 g/mol. The van der Waals surface area contributed by atoms with Gasteiger partial charge in [0, 0.05) is 19.5 Å². The van der Waals surface area contributed by atoms with Crippen LogP contribution in [0, 0.1) is 0 Å². The fourth-order valence-electron chi connectivity index (χ4n) is 1.88. The van der Waals surface area contributed by atoms with Gasteiger partial charge in [0.1, 0.15) is 0 Å². The molecular formula is C13H13NO4S. The van der Waals surface area contributed by atoms with E-state index < -0.39 is 16.0 Å². The highest BCUT2D eigenvalue weighted by atomic mass is 32.2. The van der Waals surface area contributed by atoms with Crippen LogP contribution < -0.4 is 0 Å². The van der Waals surface area contributed by atoms with E-state index in [2.05, 4.69) is 0 Å². The summed E-state index contributed by atoms with van der Waals surface area (Å²) in [6.07, 6.45) is 0. The van der Waals surface area contributed by atoms with Gasteiger partial charge in [-0.2, -0.15) is 0 Å². The van der Waals surface area contributed by atoms with Gasteiger partial charge in [0.2, 0.25) is 10.0 Å². The van der Waals surface area contributed by atoms with Gasteiger partial charge in [-0.3, -0.25) is 0 Å². The van der Waals surface area contributed by atoms with Crippen molar-refractivity contribution < 1.29 is 18.3 Å². The van der Waals surface area contributed by atoms with Gasteiger partial charge in [-0.1, -0.05) is 24.3 Å². The molecule has 100 valence electrons. The SMILES string of the molecule is CN(C)S(=O)(=O)c1ccc(C(=O)O)c2ccccc12. The second-order valence-corrected chi connectivity index (χ2v) is 6.37. The minimum Gasteiger partial charge on any atom is -0.478 e. The summed E-state index contributed by atoms with van der Waals surface area (Å²) in [6, 6.07) is 9.23. The summed E-state index contributed by atoms with van der Waals surface area (Å²) in [5.74, 6) is -1.08. The third-order valence-corrected chi connectivity index (χ3v) is 4.75. The summed E-state index contributed by atoms with van der Waals surface area (Å²) < 4.78 is 25.5. The normalized spacial score (nSPS) is 11.9. The number of benzene rings is 2. The highest BCUT2D eigenvalue weighted by molar-refractivity contribution is 7.89. The van der Waals surface area contributed by atoms with Crippen LogP contribution in [0.1, 0.15) is 10.4 Å². The molecule has 2 aromatic carbocycles. The number of sulfonamides is 1. The lowest BCUT2D eigenvalue weighted by molar-refractivity contribution is 0.0699. The molecule has 0 heterocycles. The summed E-state index contributed by atoms with van der Waals surface area (Å²) in [7, 11) is -0.726. The average Bonchev–Trinajstić information content (AvgIpc) is 2.36. The fraction of sp³-hybridized carbons (Fsp3) is 0.154. The van der Waals surface area contributed by atoms with Crippen LogP contribution >= 0.6 is 0 Å². The van der Waals surface area contributed by atoms with E-state index in [0.29, 0.717) is 10.8 Å². The Kier molecular flexibility index (Phi) is 3.30. The maximum Gasteiger partial charge on any atom is 0.336 e. The van der Waals surface area contributed by atoms with Crippen LogP contribution in [0.5, 0.6) is 0 Å². The largest absolute Gasteiger partial charge is 0.478 e. The zero-order valence-electron chi connectivity index (χ0n) is 10.5. The predicted molar refractivity (Wildman–Crippen MR) is 71.8 cm³/mol. The van der Waals surface area contributed by atoms with E-state index in [1.54, 1.807) is 24.3 Å². The molecule has 0 aliphatic rings. The number of carboxylic acids is 1. The molecule has 0 aromatic heterocycles. The first-order valence-electron chi connectivity index (χ1n) is 5.53. The van der Waals surface area contributed by atoms with Crippen LogP contribution in [-0.2, 0) is 10.0 Å². The molecule has 0 fully saturated rings. The molecule has 5 nitrogen and oxygen atoms in total. The second-order valence-electron chi connectivity index (χ2n) is 4.25. The Labute approximate surface area is 111 Å². The quantitative estimate of drug-likeness (QED) is 0.929. The maximum absolute atomic E-state index is 12.2. The molecule has 0 bridgehead atoms. The van der Waals surface area contributed by atoms with Crippen LogP contribution in [0.4, 0.5) is 0 Å². The Hall–Kier alpha value is -1.92. The van der Waals surface area contributed by atoms with E-state index in [4.69, 9.17) is 5.11 Å². The zero-order valence-corrected chi connectivity index (χ0v) is 11.3. The molecule has 19 heavy (non-hydrogen) atoms. The smallest absolute Gasteiger partial charge is 0.336 e. The Morgan fingerprint density at radius 1 is 1.05 bits per heavy atom. The van der Waals surface area contributed by atoms with Crippen LogP contribution in [0.3, 0.4) is 0 Å². The van der Waals surface area contributed by atoms with Crippen molar-refractivity contribution in [3.05, 3.63) is 42.0 Å². The highest BCUT2D eigenvalue weighted by Crippen LogP contribution is 2.27. The molecular weight excluding hydrogens is 266 g/mol. The van der Waals surface area contributed by atoms with Crippen LogP contribution in [-0.4, -0.2) is 37.9 Å². The standard InChI is InChI=1S/C13H13NO4S/c1-14(2)19(17,18)12-8-7-11(13(15)16)9-5-3-4-6-10(9)12/h3-8H,1-2H3,(H,15,16). The van der Waals surface area contributed by atoms with Crippen molar-refractivity contribution in [2.75, 3.05) is 14.1 Å². The summed E-state index contributed by atoms with van der Waals surface area (Å²) in [5, 5.41) is 9.95. The van der Waals surface area contributed by atoms with Crippen molar-refractivity contribution in [1.29, 1.82) is 0 Å². The van der Waals surface area contributed by atoms with Crippen molar-refractivity contribution in [2.24, 2.45) is 0 Å². The number of fused-ring (bicyclic) bond motifs is 1. The van der Waals surface area contributed by atoms with Gasteiger partial charge in [-0.15, -0.1) is 0 Å². The Morgan fingerprint density at radius 3 is 2.16 bits per heavy atom. The van der Waals surface area contributed by atoms with Gasteiger partial charge in [-0.05, 0) is 17.5 Å². The lowest BCUT2D eigenvalue weighted by atomic mass is 10.0. The van der Waals surface area contributed by atoms with E-state index in [0.717, 1.165) is 4.31 Å². The molecule has 0 radical (unpaired) electrons. The number of rotatable bonds is 3. The number of hydrogen-bond acceptors (Lipinski definition) is 3. The summed E-state index contributed by atoms with van der Waals surface area (Å²) in [5.41, 5.74) is 0.0910. The van der Waals surface area contributed by atoms with Crippen molar-refractivity contribution in [3.8, 4) is 0 Å². The number of carboxylic acid groups (broad SMARTS) is 1. The van der Waals surface area contributed by atoms with Gasteiger partial charge >= 0.3 is 5.97 Å². The van der Waals surface area contributed by atoms with Crippen molar-refractivity contribution >= 4 is 26.8 Å². The second kappa shape index (κ2) is 4.64. The monoisotopic (exact) mass is 279 g/mol. The van der Waals surface area contributed by atoms with Gasteiger partial charge < -0.3 is 5.11 Å². The van der Waals surface area contributed by atoms with Crippen LogP contribution in [0.15, 0.2) is 41.3 Å². The predicted octanol–water partition coefficient (Wildman–Crippen LogP) is 1.79. The molecule has 0 amide bonds. The minimum absolute atomic E-state index is 0.0910. The molecule has 0 spiro atoms. The van der Waals surface area contributed by atoms with E-state index in [1.165, 1.54) is 26.2 Å². The number of carbonyl (C=O) groups is 1. The van der Waals surface area contributed by atoms with E-state index in [1.807, 2.05) is 0 Å². The van der Waals surface area contributed by atoms with Crippen LogP contribution in [0.25, 0.3) is 10.8 Å². The van der Waals surface area contributed by atoms with Crippen molar-refractivity contribution in [3.63, 3.8) is 0 Å².